The zero-order valence-electron chi connectivity index (χ0n) is 12.2. The molecule has 1 amide bonds. The lowest BCUT2D eigenvalue weighted by molar-refractivity contribution is -0.138. The minimum Gasteiger partial charge on any atom is -0.395 e. The molecule has 1 aliphatic rings. The fraction of sp³-hybridized carbons (Fsp3) is 0.471. The van der Waals surface area contributed by atoms with Crippen molar-refractivity contribution in [2.45, 2.75) is 32.7 Å². The van der Waals surface area contributed by atoms with Crippen molar-refractivity contribution in [3.8, 4) is 11.8 Å². The van der Waals surface area contributed by atoms with Crippen LogP contribution >= 0.6 is 0 Å². The van der Waals surface area contributed by atoms with E-state index in [-0.39, 0.29) is 24.2 Å². The Morgan fingerprint density at radius 1 is 1.48 bits per heavy atom. The van der Waals surface area contributed by atoms with Gasteiger partial charge in [-0.15, -0.1) is 0 Å². The summed E-state index contributed by atoms with van der Waals surface area (Å²) in [5.74, 6) is 5.31. The molecule has 21 heavy (non-hydrogen) atoms. The second-order valence-corrected chi connectivity index (χ2v) is 5.39. The second-order valence-electron chi connectivity index (χ2n) is 5.39. The van der Waals surface area contributed by atoms with Crippen LogP contribution < -0.4 is 0 Å². The number of carbonyl (C=O) groups excluding carboxylic acids is 1. The highest BCUT2D eigenvalue weighted by Gasteiger charge is 2.24. The van der Waals surface area contributed by atoms with E-state index < -0.39 is 0 Å². The van der Waals surface area contributed by atoms with Gasteiger partial charge in [0.1, 0.15) is 5.82 Å². The van der Waals surface area contributed by atoms with Crippen molar-refractivity contribution in [3.63, 3.8) is 0 Å². The summed E-state index contributed by atoms with van der Waals surface area (Å²) in [5, 5.41) is 8.70. The van der Waals surface area contributed by atoms with E-state index in [0.29, 0.717) is 18.5 Å². The fourth-order valence-corrected chi connectivity index (χ4v) is 2.49. The molecule has 4 heteroatoms. The molecule has 1 N–H and O–H groups in total. The van der Waals surface area contributed by atoms with E-state index in [1.807, 2.05) is 11.8 Å². The summed E-state index contributed by atoms with van der Waals surface area (Å²) in [6.45, 7) is 3.17. The van der Waals surface area contributed by atoms with E-state index in [2.05, 4.69) is 11.8 Å². The number of nitrogens with zero attached hydrogens (tertiary/aromatic N) is 1. The summed E-state index contributed by atoms with van der Waals surface area (Å²) in [6, 6.07) is 4.77. The predicted octanol–water partition coefficient (Wildman–Crippen LogP) is 2.32. The van der Waals surface area contributed by atoms with Crippen LogP contribution in [0.15, 0.2) is 18.2 Å². The molecule has 1 aliphatic heterocycles. The molecule has 1 aromatic rings. The van der Waals surface area contributed by atoms with Crippen molar-refractivity contribution in [2.24, 2.45) is 5.92 Å². The van der Waals surface area contributed by atoms with Crippen LogP contribution in [0.25, 0.3) is 0 Å². The molecule has 1 saturated heterocycles. The summed E-state index contributed by atoms with van der Waals surface area (Å²) >= 11 is 0. The van der Waals surface area contributed by atoms with E-state index in [1.54, 1.807) is 12.1 Å². The molecule has 2 rings (SSSR count). The average molecular weight is 289 g/mol. The number of carbonyl (C=O) groups is 1. The minimum absolute atomic E-state index is 0.0333. The summed E-state index contributed by atoms with van der Waals surface area (Å²) in [6.07, 6.45) is 2.28. The number of rotatable bonds is 3. The Balaban J connectivity index is 2.12. The van der Waals surface area contributed by atoms with Crippen molar-refractivity contribution in [2.75, 3.05) is 13.2 Å². The highest BCUT2D eigenvalue weighted by molar-refractivity contribution is 5.79. The standard InChI is InChI=1S/C17H20FNO2/c1-13-5-4-9-19(17(13)21)12-14-7-8-16(18)15(11-14)6-2-3-10-20/h7-8,11,13,20H,3-5,9-10,12H2,1H3. The van der Waals surface area contributed by atoms with Crippen molar-refractivity contribution in [3.05, 3.63) is 35.1 Å². The predicted molar refractivity (Wildman–Crippen MR) is 78.8 cm³/mol. The Kier molecular flexibility index (Phi) is 5.35. The molecular formula is C17H20FNO2. The monoisotopic (exact) mass is 289 g/mol. The first kappa shape index (κ1) is 15.5. The van der Waals surface area contributed by atoms with Gasteiger partial charge in [0.15, 0.2) is 0 Å². The second kappa shape index (κ2) is 7.24. The Bertz CT molecular complexity index is 574. The van der Waals surface area contributed by atoms with Crippen molar-refractivity contribution in [1.29, 1.82) is 0 Å². The average Bonchev–Trinajstić information content (AvgIpc) is 2.47. The Morgan fingerprint density at radius 2 is 2.29 bits per heavy atom. The third kappa shape index (κ3) is 4.05. The Morgan fingerprint density at radius 3 is 3.05 bits per heavy atom. The van der Waals surface area contributed by atoms with Crippen molar-refractivity contribution in [1.82, 2.24) is 4.90 Å². The number of benzene rings is 1. The smallest absolute Gasteiger partial charge is 0.225 e. The molecular weight excluding hydrogens is 269 g/mol. The lowest BCUT2D eigenvalue weighted by Crippen LogP contribution is -2.39. The Hall–Kier alpha value is -1.86. The van der Waals surface area contributed by atoms with Gasteiger partial charge in [-0.1, -0.05) is 24.8 Å². The lowest BCUT2D eigenvalue weighted by Gasteiger charge is -2.30. The molecule has 0 bridgehead atoms. The third-order valence-electron chi connectivity index (χ3n) is 3.66. The van der Waals surface area contributed by atoms with Gasteiger partial charge >= 0.3 is 0 Å². The van der Waals surface area contributed by atoms with Gasteiger partial charge < -0.3 is 10.0 Å². The third-order valence-corrected chi connectivity index (χ3v) is 3.66. The lowest BCUT2D eigenvalue weighted by atomic mass is 9.98. The highest BCUT2D eigenvalue weighted by atomic mass is 19.1. The van der Waals surface area contributed by atoms with Crippen LogP contribution in [0.4, 0.5) is 4.39 Å². The van der Waals surface area contributed by atoms with E-state index in [0.717, 1.165) is 24.9 Å². The quantitative estimate of drug-likeness (QED) is 0.868. The van der Waals surface area contributed by atoms with Crippen LogP contribution in [0.1, 0.15) is 37.3 Å². The van der Waals surface area contributed by atoms with Crippen molar-refractivity contribution < 1.29 is 14.3 Å². The van der Waals surface area contributed by atoms with Crippen molar-refractivity contribution >= 4 is 5.91 Å². The van der Waals surface area contributed by atoms with E-state index in [9.17, 15) is 9.18 Å². The van der Waals surface area contributed by atoms with Gasteiger partial charge in [0.25, 0.3) is 0 Å². The topological polar surface area (TPSA) is 40.5 Å². The largest absolute Gasteiger partial charge is 0.395 e. The van der Waals surface area contributed by atoms with Crippen LogP contribution in [-0.4, -0.2) is 29.1 Å². The maximum atomic E-state index is 13.7. The fourth-order valence-electron chi connectivity index (χ4n) is 2.49. The van der Waals surface area contributed by atoms with Crippen LogP contribution in [0, 0.1) is 23.6 Å². The molecule has 0 saturated carbocycles. The molecule has 3 nitrogen and oxygen atoms in total. The molecule has 1 heterocycles. The number of hydrogen-bond donors (Lipinski definition) is 1. The minimum atomic E-state index is -0.373. The Labute approximate surface area is 124 Å². The maximum Gasteiger partial charge on any atom is 0.225 e. The number of aliphatic hydroxyl groups is 1. The summed E-state index contributed by atoms with van der Waals surface area (Å²) in [5.41, 5.74) is 1.20. The van der Waals surface area contributed by atoms with Gasteiger partial charge in [-0.2, -0.15) is 0 Å². The molecule has 112 valence electrons. The SMILES string of the molecule is CC1CCCN(Cc2ccc(F)c(C#CCCO)c2)C1=O. The number of hydrogen-bond acceptors (Lipinski definition) is 2. The highest BCUT2D eigenvalue weighted by Crippen LogP contribution is 2.20. The van der Waals surface area contributed by atoms with Crippen LogP contribution in [0.3, 0.4) is 0 Å². The maximum absolute atomic E-state index is 13.7. The number of likely N-dealkylation sites (tertiary alicyclic amines) is 1. The molecule has 0 radical (unpaired) electrons. The molecule has 0 spiro atoms. The van der Waals surface area contributed by atoms with E-state index >= 15 is 0 Å². The number of amides is 1. The zero-order valence-corrected chi connectivity index (χ0v) is 12.2. The number of halogens is 1. The van der Waals surface area contributed by atoms with E-state index in [4.69, 9.17) is 5.11 Å². The summed E-state index contributed by atoms with van der Waals surface area (Å²) in [7, 11) is 0. The molecule has 0 aliphatic carbocycles. The molecule has 1 fully saturated rings. The van der Waals surface area contributed by atoms with Gasteiger partial charge in [-0.3, -0.25) is 4.79 Å². The van der Waals surface area contributed by atoms with Crippen LogP contribution in [0.2, 0.25) is 0 Å². The molecule has 1 aromatic carbocycles. The first-order chi connectivity index (χ1) is 10.1. The van der Waals surface area contributed by atoms with Gasteiger partial charge in [0.2, 0.25) is 5.91 Å². The molecule has 0 aromatic heterocycles. The van der Waals surface area contributed by atoms with Gasteiger partial charge in [0, 0.05) is 25.4 Å². The number of piperidine rings is 1. The number of aliphatic hydroxyl groups excluding tert-OH is 1. The molecule has 1 atom stereocenters. The summed E-state index contributed by atoms with van der Waals surface area (Å²) < 4.78 is 13.7. The first-order valence-electron chi connectivity index (χ1n) is 7.28. The van der Waals surface area contributed by atoms with E-state index in [1.165, 1.54) is 6.07 Å². The van der Waals surface area contributed by atoms with Gasteiger partial charge in [0.05, 0.1) is 12.2 Å². The van der Waals surface area contributed by atoms with Gasteiger partial charge in [-0.05, 0) is 30.5 Å². The zero-order chi connectivity index (χ0) is 15.2. The van der Waals surface area contributed by atoms with Crippen LogP contribution in [0.5, 0.6) is 0 Å². The molecule has 1 unspecified atom stereocenters. The summed E-state index contributed by atoms with van der Waals surface area (Å²) in [4.78, 5) is 13.9. The first-order valence-corrected chi connectivity index (χ1v) is 7.28. The normalized spacial score (nSPS) is 18.3. The van der Waals surface area contributed by atoms with Crippen LogP contribution in [-0.2, 0) is 11.3 Å². The van der Waals surface area contributed by atoms with Gasteiger partial charge in [-0.25, -0.2) is 4.39 Å².